The van der Waals surface area contributed by atoms with Gasteiger partial charge in [-0.3, -0.25) is 0 Å². The van der Waals surface area contributed by atoms with Gasteiger partial charge in [-0.2, -0.15) is 0 Å². The number of benzene rings is 8. The van der Waals surface area contributed by atoms with E-state index in [4.69, 9.17) is 19.4 Å². The Hall–Kier alpha value is -6.65. The largest absolute Gasteiger partial charge is 0.456 e. The molecule has 8 aromatic carbocycles. The van der Waals surface area contributed by atoms with Gasteiger partial charge in [0.2, 0.25) is 0 Å². The molecule has 0 spiro atoms. The summed E-state index contributed by atoms with van der Waals surface area (Å²) in [4.78, 5) is 15.8. The SMILES string of the molecule is c1ccc(-c2nc(-c3ccc4ccc5ccccc5c4c3)nc(-c3c4c(cc5oc6ccccc6c35)-c3cccc5cccc-4c35)n2)cc1. The molecule has 4 heteroatoms. The molecule has 226 valence electrons. The van der Waals surface area contributed by atoms with E-state index < -0.39 is 0 Å². The second kappa shape index (κ2) is 9.93. The zero-order valence-electron chi connectivity index (χ0n) is 26.2. The first-order chi connectivity index (χ1) is 24.3. The Morgan fingerprint density at radius 3 is 1.86 bits per heavy atom. The van der Waals surface area contributed by atoms with E-state index in [0.717, 1.165) is 49.8 Å². The molecule has 0 amide bonds. The van der Waals surface area contributed by atoms with Crippen molar-refractivity contribution in [2.45, 2.75) is 0 Å². The third-order valence-corrected chi connectivity index (χ3v) is 10.0. The van der Waals surface area contributed by atoms with Crippen LogP contribution in [-0.2, 0) is 0 Å². The fraction of sp³-hybridized carbons (Fsp3) is 0. The molecule has 0 unspecified atom stereocenters. The molecule has 0 radical (unpaired) electrons. The smallest absolute Gasteiger partial charge is 0.165 e. The third kappa shape index (κ3) is 3.83. The van der Waals surface area contributed by atoms with Crippen LogP contribution in [0, 0.1) is 0 Å². The highest BCUT2D eigenvalue weighted by Crippen LogP contribution is 2.54. The van der Waals surface area contributed by atoms with Crippen LogP contribution in [0.3, 0.4) is 0 Å². The summed E-state index contributed by atoms with van der Waals surface area (Å²) < 4.78 is 6.58. The van der Waals surface area contributed by atoms with Crippen molar-refractivity contribution >= 4 is 54.3 Å². The lowest BCUT2D eigenvalue weighted by atomic mass is 9.93. The molecule has 0 atom stereocenters. The minimum Gasteiger partial charge on any atom is -0.456 e. The monoisotopic (exact) mass is 623 g/mol. The number of nitrogens with zero attached hydrogens (tertiary/aromatic N) is 3. The fourth-order valence-electron chi connectivity index (χ4n) is 7.85. The highest BCUT2D eigenvalue weighted by Gasteiger charge is 2.30. The molecule has 11 rings (SSSR count). The van der Waals surface area contributed by atoms with Gasteiger partial charge in [-0.05, 0) is 67.2 Å². The van der Waals surface area contributed by atoms with Gasteiger partial charge in [-0.1, -0.05) is 133 Å². The molecule has 0 bridgehead atoms. The van der Waals surface area contributed by atoms with Gasteiger partial charge in [0.05, 0.1) is 0 Å². The van der Waals surface area contributed by atoms with E-state index in [1.54, 1.807) is 0 Å². The van der Waals surface area contributed by atoms with Gasteiger partial charge < -0.3 is 4.42 Å². The van der Waals surface area contributed by atoms with Crippen LogP contribution in [0.25, 0.3) is 111 Å². The van der Waals surface area contributed by atoms with E-state index in [1.165, 1.54) is 43.4 Å². The summed E-state index contributed by atoms with van der Waals surface area (Å²) in [6.07, 6.45) is 0. The number of aromatic nitrogens is 3. The van der Waals surface area contributed by atoms with E-state index >= 15 is 0 Å². The first-order valence-electron chi connectivity index (χ1n) is 16.5. The number of furan rings is 1. The molecule has 2 aromatic heterocycles. The van der Waals surface area contributed by atoms with Gasteiger partial charge in [-0.15, -0.1) is 0 Å². The minimum absolute atomic E-state index is 0.625. The Bertz CT molecular complexity index is 2990. The molecular weight excluding hydrogens is 599 g/mol. The Morgan fingerprint density at radius 2 is 1.00 bits per heavy atom. The van der Waals surface area contributed by atoms with Gasteiger partial charge in [-0.25, -0.2) is 15.0 Å². The predicted molar refractivity (Wildman–Crippen MR) is 200 cm³/mol. The van der Waals surface area contributed by atoms with Gasteiger partial charge in [0.25, 0.3) is 0 Å². The van der Waals surface area contributed by atoms with Crippen LogP contribution in [0.2, 0.25) is 0 Å². The van der Waals surface area contributed by atoms with Crippen LogP contribution in [-0.4, -0.2) is 15.0 Å². The van der Waals surface area contributed by atoms with E-state index in [-0.39, 0.29) is 0 Å². The first-order valence-corrected chi connectivity index (χ1v) is 16.5. The van der Waals surface area contributed by atoms with Gasteiger partial charge in [0.15, 0.2) is 17.5 Å². The topological polar surface area (TPSA) is 51.8 Å². The summed E-state index contributed by atoms with van der Waals surface area (Å²) in [6.45, 7) is 0. The summed E-state index contributed by atoms with van der Waals surface area (Å²) in [5, 5.41) is 9.27. The Kier molecular flexibility index (Phi) is 5.35. The molecule has 2 heterocycles. The van der Waals surface area contributed by atoms with Crippen molar-refractivity contribution in [1.29, 1.82) is 0 Å². The van der Waals surface area contributed by atoms with Crippen molar-refractivity contribution in [3.05, 3.63) is 152 Å². The quantitative estimate of drug-likeness (QED) is 0.184. The highest BCUT2D eigenvalue weighted by molar-refractivity contribution is 6.25. The molecule has 0 fully saturated rings. The lowest BCUT2D eigenvalue weighted by Crippen LogP contribution is -2.01. The highest BCUT2D eigenvalue weighted by atomic mass is 16.3. The maximum Gasteiger partial charge on any atom is 0.165 e. The zero-order chi connectivity index (χ0) is 32.1. The Morgan fingerprint density at radius 1 is 0.347 bits per heavy atom. The normalized spacial score (nSPS) is 12.1. The number of hydrogen-bond acceptors (Lipinski definition) is 4. The second-order valence-electron chi connectivity index (χ2n) is 12.7. The molecule has 0 N–H and O–H groups in total. The molecule has 10 aromatic rings. The van der Waals surface area contributed by atoms with E-state index in [0.29, 0.717) is 17.5 Å². The molecule has 1 aliphatic carbocycles. The van der Waals surface area contributed by atoms with Crippen LogP contribution >= 0.6 is 0 Å². The molecule has 4 nitrogen and oxygen atoms in total. The van der Waals surface area contributed by atoms with Crippen molar-refractivity contribution in [3.8, 4) is 56.4 Å². The summed E-state index contributed by atoms with van der Waals surface area (Å²) in [7, 11) is 0. The number of para-hydroxylation sites is 1. The van der Waals surface area contributed by atoms with Crippen molar-refractivity contribution in [1.82, 2.24) is 15.0 Å². The average Bonchev–Trinajstić information content (AvgIpc) is 3.70. The van der Waals surface area contributed by atoms with Gasteiger partial charge >= 0.3 is 0 Å². The lowest BCUT2D eigenvalue weighted by Gasteiger charge is -2.14. The van der Waals surface area contributed by atoms with Crippen molar-refractivity contribution in [3.63, 3.8) is 0 Å². The zero-order valence-corrected chi connectivity index (χ0v) is 26.2. The maximum absolute atomic E-state index is 6.58. The first kappa shape index (κ1) is 26.4. The number of hydrogen-bond donors (Lipinski definition) is 0. The van der Waals surface area contributed by atoms with E-state index in [9.17, 15) is 0 Å². The van der Waals surface area contributed by atoms with Gasteiger partial charge in [0, 0.05) is 33.0 Å². The lowest BCUT2D eigenvalue weighted by molar-refractivity contribution is 0.669. The maximum atomic E-state index is 6.58. The average molecular weight is 624 g/mol. The van der Waals surface area contributed by atoms with Crippen molar-refractivity contribution < 1.29 is 4.42 Å². The summed E-state index contributed by atoms with van der Waals surface area (Å²) in [6, 6.07) is 53.1. The molecular formula is C45H25N3O. The number of rotatable bonds is 3. The molecule has 0 saturated carbocycles. The van der Waals surface area contributed by atoms with Crippen molar-refractivity contribution in [2.24, 2.45) is 0 Å². The Labute approximate surface area is 281 Å². The number of fused-ring (bicyclic) bond motifs is 9. The molecule has 0 aliphatic heterocycles. The van der Waals surface area contributed by atoms with E-state index in [1.807, 2.05) is 30.3 Å². The van der Waals surface area contributed by atoms with Crippen LogP contribution < -0.4 is 0 Å². The molecule has 0 saturated heterocycles. The Balaban J connectivity index is 1.27. The van der Waals surface area contributed by atoms with Gasteiger partial charge in [0.1, 0.15) is 11.2 Å². The van der Waals surface area contributed by atoms with Crippen LogP contribution in [0.15, 0.2) is 156 Å². The van der Waals surface area contributed by atoms with Crippen LogP contribution in [0.4, 0.5) is 0 Å². The third-order valence-electron chi connectivity index (χ3n) is 10.0. The minimum atomic E-state index is 0.625. The predicted octanol–water partition coefficient (Wildman–Crippen LogP) is 11.9. The second-order valence-corrected chi connectivity index (χ2v) is 12.7. The molecule has 49 heavy (non-hydrogen) atoms. The van der Waals surface area contributed by atoms with E-state index in [2.05, 4.69) is 121 Å². The summed E-state index contributed by atoms with van der Waals surface area (Å²) >= 11 is 0. The molecule has 1 aliphatic rings. The van der Waals surface area contributed by atoms with Crippen LogP contribution in [0.1, 0.15) is 0 Å². The fourth-order valence-corrected chi connectivity index (χ4v) is 7.85. The summed E-state index contributed by atoms with van der Waals surface area (Å²) in [5.74, 6) is 1.89. The van der Waals surface area contributed by atoms with Crippen molar-refractivity contribution in [2.75, 3.05) is 0 Å². The van der Waals surface area contributed by atoms with Crippen LogP contribution in [0.5, 0.6) is 0 Å². The summed E-state index contributed by atoms with van der Waals surface area (Å²) in [5.41, 5.74) is 9.15. The standard InChI is InChI=1S/C45H25N3O/c1-2-11-29(12-3-1)43-46-44(30-23-22-27-21-20-26-10-4-5-15-31(26)35(27)24-30)48-45(47-43)42-40-34-18-9-14-28-13-8-17-32(39(28)34)36(40)25-38-41(42)33-16-6-7-19-37(33)49-38/h1-25H.